The second kappa shape index (κ2) is 5.47. The van der Waals surface area contributed by atoms with Gasteiger partial charge >= 0.3 is 5.97 Å². The topological polar surface area (TPSA) is 44.8 Å². The first-order valence-electron chi connectivity index (χ1n) is 6.19. The van der Waals surface area contributed by atoms with E-state index in [9.17, 15) is 9.18 Å². The Kier molecular flexibility index (Phi) is 3.93. The summed E-state index contributed by atoms with van der Waals surface area (Å²) in [5, 5.41) is 0. The highest BCUT2D eigenvalue weighted by molar-refractivity contribution is 5.90. The van der Waals surface area contributed by atoms with Gasteiger partial charge in [0.2, 0.25) is 0 Å². The second-order valence-corrected chi connectivity index (χ2v) is 4.63. The van der Waals surface area contributed by atoms with Crippen molar-refractivity contribution in [3.05, 3.63) is 23.5 Å². The summed E-state index contributed by atoms with van der Waals surface area (Å²) in [5.74, 6) is -0.391. The van der Waals surface area contributed by atoms with Gasteiger partial charge in [-0.25, -0.2) is 9.18 Å². The fourth-order valence-electron chi connectivity index (χ4n) is 1.90. The molecule has 5 heteroatoms. The largest absolute Gasteiger partial charge is 0.493 e. The molecule has 0 spiro atoms. The maximum Gasteiger partial charge on any atom is 0.341 e. The molecular weight excluding hydrogens is 251 g/mol. The van der Waals surface area contributed by atoms with Gasteiger partial charge in [0.25, 0.3) is 0 Å². The van der Waals surface area contributed by atoms with Crippen LogP contribution in [0.1, 0.15) is 30.1 Å². The highest BCUT2D eigenvalue weighted by Crippen LogP contribution is 2.35. The summed E-state index contributed by atoms with van der Waals surface area (Å²) < 4.78 is 29.1. The summed E-state index contributed by atoms with van der Waals surface area (Å²) in [7, 11) is 2.84. The molecule has 0 aliphatic heterocycles. The fourth-order valence-corrected chi connectivity index (χ4v) is 1.90. The summed E-state index contributed by atoms with van der Waals surface area (Å²) in [6, 6.07) is 2.42. The quantitative estimate of drug-likeness (QED) is 0.770. The Morgan fingerprint density at radius 2 is 1.84 bits per heavy atom. The molecule has 4 nitrogen and oxygen atoms in total. The molecule has 0 N–H and O–H groups in total. The number of carbonyl (C=O) groups excluding carboxylic acids is 1. The van der Waals surface area contributed by atoms with Crippen molar-refractivity contribution in [2.75, 3.05) is 14.2 Å². The smallest absolute Gasteiger partial charge is 0.341 e. The van der Waals surface area contributed by atoms with Gasteiger partial charge in [-0.2, -0.15) is 0 Å². The van der Waals surface area contributed by atoms with Gasteiger partial charge in [-0.3, -0.25) is 0 Å². The van der Waals surface area contributed by atoms with Crippen LogP contribution in [0.25, 0.3) is 0 Å². The third kappa shape index (κ3) is 2.97. The first kappa shape index (κ1) is 13.6. The van der Waals surface area contributed by atoms with E-state index in [0.29, 0.717) is 11.7 Å². The van der Waals surface area contributed by atoms with Gasteiger partial charge in [-0.1, -0.05) is 0 Å². The Morgan fingerprint density at radius 3 is 2.37 bits per heavy atom. The van der Waals surface area contributed by atoms with Crippen LogP contribution in [0, 0.1) is 11.7 Å². The second-order valence-electron chi connectivity index (χ2n) is 4.63. The van der Waals surface area contributed by atoms with Crippen LogP contribution in [0.15, 0.2) is 12.1 Å². The standard InChI is InChI=1S/C14H17FO4/c1-8(9-4-5-9)19-14(16)10-6-12(17-2)13(18-3)7-11(10)15/h6-9H,4-5H2,1-3H3/t8-/m1/s1. The molecule has 0 unspecified atom stereocenters. The molecule has 1 saturated carbocycles. The Hall–Kier alpha value is -1.78. The van der Waals surface area contributed by atoms with Crippen molar-refractivity contribution in [1.82, 2.24) is 0 Å². The summed E-state index contributed by atoms with van der Waals surface area (Å²) in [4.78, 5) is 11.9. The zero-order chi connectivity index (χ0) is 14.0. The van der Waals surface area contributed by atoms with Crippen molar-refractivity contribution in [2.45, 2.75) is 25.9 Å². The fraction of sp³-hybridized carbons (Fsp3) is 0.500. The summed E-state index contributed by atoms with van der Waals surface area (Å²) in [6.45, 7) is 1.83. The summed E-state index contributed by atoms with van der Waals surface area (Å²) in [5.41, 5.74) is -0.134. The lowest BCUT2D eigenvalue weighted by molar-refractivity contribution is 0.0289. The minimum atomic E-state index is -0.675. The predicted molar refractivity (Wildman–Crippen MR) is 67.1 cm³/mol. The monoisotopic (exact) mass is 268 g/mol. The Morgan fingerprint density at radius 1 is 1.26 bits per heavy atom. The molecule has 1 atom stereocenters. The Balaban J connectivity index is 2.20. The van der Waals surface area contributed by atoms with Crippen LogP contribution in [0.5, 0.6) is 11.5 Å². The molecular formula is C14H17FO4. The number of methoxy groups -OCH3 is 2. The maximum atomic E-state index is 13.8. The molecule has 19 heavy (non-hydrogen) atoms. The number of ether oxygens (including phenoxy) is 3. The van der Waals surface area contributed by atoms with Gasteiger partial charge in [-0.05, 0) is 25.7 Å². The Bertz CT molecular complexity index is 483. The average Bonchev–Trinajstić information content (AvgIpc) is 3.22. The molecule has 0 bridgehead atoms. The van der Waals surface area contributed by atoms with E-state index in [4.69, 9.17) is 14.2 Å². The van der Waals surface area contributed by atoms with Crippen LogP contribution in [-0.4, -0.2) is 26.3 Å². The minimum Gasteiger partial charge on any atom is -0.493 e. The lowest BCUT2D eigenvalue weighted by Gasteiger charge is -2.14. The van der Waals surface area contributed by atoms with E-state index in [2.05, 4.69) is 0 Å². The zero-order valence-electron chi connectivity index (χ0n) is 11.2. The number of halogens is 1. The summed E-state index contributed by atoms with van der Waals surface area (Å²) in [6.07, 6.45) is 1.94. The molecule has 1 aliphatic carbocycles. The number of benzene rings is 1. The molecule has 0 radical (unpaired) electrons. The number of hydrogen-bond donors (Lipinski definition) is 0. The molecule has 0 saturated heterocycles. The molecule has 1 fully saturated rings. The molecule has 1 aromatic rings. The van der Waals surface area contributed by atoms with Gasteiger partial charge < -0.3 is 14.2 Å². The molecule has 2 rings (SSSR count). The van der Waals surface area contributed by atoms with Crippen molar-refractivity contribution < 1.29 is 23.4 Å². The third-order valence-corrected chi connectivity index (χ3v) is 3.27. The van der Waals surface area contributed by atoms with Crippen LogP contribution >= 0.6 is 0 Å². The number of carbonyl (C=O) groups is 1. The molecule has 1 aliphatic rings. The Labute approximate surface area is 111 Å². The maximum absolute atomic E-state index is 13.8. The highest BCUT2D eigenvalue weighted by Gasteiger charge is 2.31. The third-order valence-electron chi connectivity index (χ3n) is 3.27. The van der Waals surface area contributed by atoms with Crippen LogP contribution in [0.3, 0.4) is 0 Å². The van der Waals surface area contributed by atoms with Crippen LogP contribution < -0.4 is 9.47 Å². The average molecular weight is 268 g/mol. The van der Waals surface area contributed by atoms with E-state index < -0.39 is 11.8 Å². The van der Waals surface area contributed by atoms with Crippen molar-refractivity contribution in [3.8, 4) is 11.5 Å². The van der Waals surface area contributed by atoms with Crippen molar-refractivity contribution in [3.63, 3.8) is 0 Å². The van der Waals surface area contributed by atoms with Crippen molar-refractivity contribution in [1.29, 1.82) is 0 Å². The first-order chi connectivity index (χ1) is 9.06. The van der Waals surface area contributed by atoms with Crippen molar-refractivity contribution >= 4 is 5.97 Å². The SMILES string of the molecule is COc1cc(F)c(C(=O)O[C@H](C)C2CC2)cc1OC. The van der Waals surface area contributed by atoms with E-state index in [1.54, 1.807) is 0 Å². The molecule has 0 aromatic heterocycles. The van der Waals surface area contributed by atoms with Gasteiger partial charge in [-0.15, -0.1) is 0 Å². The highest BCUT2D eigenvalue weighted by atomic mass is 19.1. The normalized spacial score (nSPS) is 15.8. The van der Waals surface area contributed by atoms with Crippen LogP contribution in [0.4, 0.5) is 4.39 Å². The number of esters is 1. The molecule has 1 aromatic carbocycles. The minimum absolute atomic E-state index is 0.134. The van der Waals surface area contributed by atoms with Gasteiger partial charge in [0.15, 0.2) is 11.5 Å². The van der Waals surface area contributed by atoms with E-state index in [1.165, 1.54) is 20.3 Å². The van der Waals surface area contributed by atoms with Crippen LogP contribution in [-0.2, 0) is 4.74 Å². The van der Waals surface area contributed by atoms with E-state index in [-0.39, 0.29) is 17.4 Å². The molecule has 0 heterocycles. The van der Waals surface area contributed by atoms with E-state index >= 15 is 0 Å². The zero-order valence-corrected chi connectivity index (χ0v) is 11.2. The summed E-state index contributed by atoms with van der Waals surface area (Å²) >= 11 is 0. The molecule has 104 valence electrons. The molecule has 0 amide bonds. The number of hydrogen-bond acceptors (Lipinski definition) is 4. The predicted octanol–water partition coefficient (Wildman–Crippen LogP) is 2.80. The van der Waals surface area contributed by atoms with Crippen LogP contribution in [0.2, 0.25) is 0 Å². The van der Waals surface area contributed by atoms with E-state index in [1.807, 2.05) is 6.92 Å². The van der Waals surface area contributed by atoms with Crippen molar-refractivity contribution in [2.24, 2.45) is 5.92 Å². The van der Waals surface area contributed by atoms with Gasteiger partial charge in [0.1, 0.15) is 11.9 Å². The lowest BCUT2D eigenvalue weighted by Crippen LogP contribution is -2.18. The lowest BCUT2D eigenvalue weighted by atomic mass is 10.2. The van der Waals surface area contributed by atoms with E-state index in [0.717, 1.165) is 18.9 Å². The first-order valence-corrected chi connectivity index (χ1v) is 6.19. The van der Waals surface area contributed by atoms with Gasteiger partial charge in [0.05, 0.1) is 19.8 Å². The number of rotatable bonds is 5. The van der Waals surface area contributed by atoms with Gasteiger partial charge in [0, 0.05) is 12.1 Å².